The summed E-state index contributed by atoms with van der Waals surface area (Å²) in [6.45, 7) is 12.9. The molecule has 4 aliphatic rings. The van der Waals surface area contributed by atoms with E-state index in [9.17, 15) is 25.5 Å². The largest absolute Gasteiger partial charge is 0.393 e. The first-order valence-electron chi connectivity index (χ1n) is 13.1. The van der Waals surface area contributed by atoms with Crippen LogP contribution in [0.1, 0.15) is 86.5 Å². The Bertz CT molecular complexity index is 836. The molecule has 0 heterocycles. The van der Waals surface area contributed by atoms with Gasteiger partial charge in [0.1, 0.15) is 11.7 Å². The van der Waals surface area contributed by atoms with Crippen molar-refractivity contribution in [2.24, 2.45) is 34.5 Å². The van der Waals surface area contributed by atoms with Crippen LogP contribution < -0.4 is 0 Å². The van der Waals surface area contributed by atoms with Gasteiger partial charge in [0.2, 0.25) is 0 Å². The summed E-state index contributed by atoms with van der Waals surface area (Å²) in [6.07, 6.45) is 7.61. The quantitative estimate of drug-likeness (QED) is 0.410. The predicted molar refractivity (Wildman–Crippen MR) is 129 cm³/mol. The van der Waals surface area contributed by atoms with Crippen LogP contribution in [0.4, 0.5) is 0 Å². The van der Waals surface area contributed by atoms with Crippen LogP contribution in [0.5, 0.6) is 0 Å². The van der Waals surface area contributed by atoms with Gasteiger partial charge in [0, 0.05) is 17.3 Å². The van der Waals surface area contributed by atoms with Crippen molar-refractivity contribution in [1.29, 1.82) is 0 Å². The maximum absolute atomic E-state index is 12.3. The highest BCUT2D eigenvalue weighted by molar-refractivity contribution is 5.45. The lowest BCUT2D eigenvalue weighted by Gasteiger charge is -2.67. The first-order chi connectivity index (χ1) is 15.2. The Balaban J connectivity index is 1.72. The Hall–Kier alpha value is -0.720. The Morgan fingerprint density at radius 3 is 2.18 bits per heavy atom. The van der Waals surface area contributed by atoms with Crippen LogP contribution in [0, 0.1) is 34.5 Å². The molecule has 0 aromatic carbocycles. The summed E-state index contributed by atoms with van der Waals surface area (Å²) < 4.78 is 0. The minimum absolute atomic E-state index is 0.0327. The summed E-state index contributed by atoms with van der Waals surface area (Å²) in [5, 5.41) is 57.4. The van der Waals surface area contributed by atoms with Crippen LogP contribution in [0.3, 0.4) is 0 Å². The zero-order valence-electron chi connectivity index (χ0n) is 21.4. The normalized spacial score (nSPS) is 51.6. The molecule has 5 heteroatoms. The highest BCUT2D eigenvalue weighted by Crippen LogP contribution is 2.70. The predicted octanol–water partition coefficient (Wildman–Crippen LogP) is 3.73. The zero-order chi connectivity index (χ0) is 24.6. The fraction of sp³-hybridized carbons (Fsp3) is 0.857. The molecule has 0 bridgehead atoms. The summed E-state index contributed by atoms with van der Waals surface area (Å²) in [6, 6.07) is 0. The molecule has 4 aliphatic carbocycles. The molecule has 5 nitrogen and oxygen atoms in total. The van der Waals surface area contributed by atoms with Crippen LogP contribution in [-0.2, 0) is 0 Å². The average Bonchev–Trinajstić information content (AvgIpc) is 3.02. The molecule has 5 N–H and O–H groups in total. The molecule has 3 fully saturated rings. The molecule has 0 radical (unpaired) electrons. The summed E-state index contributed by atoms with van der Waals surface area (Å²) in [5.74, 6) is 1.63. The fourth-order valence-corrected chi connectivity index (χ4v) is 8.09. The van der Waals surface area contributed by atoms with Gasteiger partial charge in [0.05, 0.1) is 17.3 Å². The standard InChI is InChI=1S/C28H46O5/c1-17(2)18(3)7-8-19(4)21-10-12-26(31)22-15-23(30)28(33)16-20(29)9-11-25(28,6)27(22,32)14-13-24(21,26)5/h7-8,15,17-21,23,29-33H,9-14,16H2,1-6H3. The van der Waals surface area contributed by atoms with Gasteiger partial charge < -0.3 is 25.5 Å². The first kappa shape index (κ1) is 25.4. The number of allylic oxidation sites excluding steroid dienone is 2. The monoisotopic (exact) mass is 462 g/mol. The van der Waals surface area contributed by atoms with Crippen LogP contribution in [0.15, 0.2) is 23.8 Å². The molecule has 0 aliphatic heterocycles. The van der Waals surface area contributed by atoms with Crippen molar-refractivity contribution >= 4 is 0 Å². The summed E-state index contributed by atoms with van der Waals surface area (Å²) >= 11 is 0. The Labute approximate surface area is 199 Å². The van der Waals surface area contributed by atoms with Gasteiger partial charge in [-0.2, -0.15) is 0 Å². The van der Waals surface area contributed by atoms with E-state index >= 15 is 0 Å². The molecule has 10 unspecified atom stereocenters. The summed E-state index contributed by atoms with van der Waals surface area (Å²) in [4.78, 5) is 0. The molecule has 33 heavy (non-hydrogen) atoms. The van der Waals surface area contributed by atoms with E-state index in [0.29, 0.717) is 55.4 Å². The van der Waals surface area contributed by atoms with Crippen molar-refractivity contribution in [3.63, 3.8) is 0 Å². The highest BCUT2D eigenvalue weighted by atomic mass is 16.4. The van der Waals surface area contributed by atoms with Crippen molar-refractivity contribution in [2.75, 3.05) is 0 Å². The van der Waals surface area contributed by atoms with Gasteiger partial charge in [-0.3, -0.25) is 0 Å². The van der Waals surface area contributed by atoms with E-state index in [1.165, 1.54) is 0 Å². The minimum atomic E-state index is -1.62. The topological polar surface area (TPSA) is 101 Å². The second-order valence-corrected chi connectivity index (χ2v) is 12.8. The maximum Gasteiger partial charge on any atom is 0.105 e. The molecule has 10 atom stereocenters. The van der Waals surface area contributed by atoms with Crippen molar-refractivity contribution < 1.29 is 25.5 Å². The maximum atomic E-state index is 12.3. The lowest BCUT2D eigenvalue weighted by Crippen LogP contribution is -2.75. The molecule has 188 valence electrons. The molecule has 0 spiro atoms. The van der Waals surface area contributed by atoms with Gasteiger partial charge in [-0.15, -0.1) is 0 Å². The van der Waals surface area contributed by atoms with Gasteiger partial charge in [-0.1, -0.05) is 53.7 Å². The third-order valence-corrected chi connectivity index (χ3v) is 11.1. The Morgan fingerprint density at radius 1 is 0.879 bits per heavy atom. The van der Waals surface area contributed by atoms with Crippen molar-refractivity contribution in [2.45, 2.75) is 115 Å². The summed E-state index contributed by atoms with van der Waals surface area (Å²) in [5.41, 5.74) is -5.19. The van der Waals surface area contributed by atoms with E-state index in [2.05, 4.69) is 46.8 Å². The van der Waals surface area contributed by atoms with Crippen molar-refractivity contribution in [3.05, 3.63) is 23.8 Å². The fourth-order valence-electron chi connectivity index (χ4n) is 8.09. The van der Waals surface area contributed by atoms with E-state index in [0.717, 1.165) is 6.42 Å². The number of fused-ring (bicyclic) bond motifs is 5. The van der Waals surface area contributed by atoms with Crippen molar-refractivity contribution in [3.8, 4) is 0 Å². The summed E-state index contributed by atoms with van der Waals surface area (Å²) in [7, 11) is 0. The smallest absolute Gasteiger partial charge is 0.105 e. The van der Waals surface area contributed by atoms with Gasteiger partial charge in [0.15, 0.2) is 0 Å². The molecule has 4 rings (SSSR count). The van der Waals surface area contributed by atoms with E-state index in [4.69, 9.17) is 0 Å². The number of aliphatic hydroxyl groups excluding tert-OH is 2. The van der Waals surface area contributed by atoms with Crippen LogP contribution in [-0.4, -0.2) is 54.5 Å². The number of hydrogen-bond donors (Lipinski definition) is 5. The highest BCUT2D eigenvalue weighted by Gasteiger charge is 2.74. The molecule has 0 amide bonds. The van der Waals surface area contributed by atoms with Crippen LogP contribution >= 0.6 is 0 Å². The van der Waals surface area contributed by atoms with Crippen molar-refractivity contribution in [1.82, 2.24) is 0 Å². The van der Waals surface area contributed by atoms with E-state index in [1.807, 2.05) is 6.92 Å². The number of rotatable bonds is 4. The first-order valence-corrected chi connectivity index (χ1v) is 13.1. The number of aliphatic hydroxyl groups is 5. The third kappa shape index (κ3) is 3.22. The number of hydrogen-bond acceptors (Lipinski definition) is 5. The lowest BCUT2D eigenvalue weighted by atomic mass is 9.42. The van der Waals surface area contributed by atoms with Gasteiger partial charge in [0.25, 0.3) is 0 Å². The second-order valence-electron chi connectivity index (χ2n) is 12.8. The minimum Gasteiger partial charge on any atom is -0.393 e. The Morgan fingerprint density at radius 2 is 1.55 bits per heavy atom. The van der Waals surface area contributed by atoms with E-state index < -0.39 is 39.8 Å². The Kier molecular flexibility index (Phi) is 6.07. The van der Waals surface area contributed by atoms with Gasteiger partial charge in [-0.25, -0.2) is 0 Å². The van der Waals surface area contributed by atoms with Crippen LogP contribution in [0.2, 0.25) is 0 Å². The van der Waals surface area contributed by atoms with Gasteiger partial charge >= 0.3 is 0 Å². The molecular formula is C28H46O5. The van der Waals surface area contributed by atoms with Crippen LogP contribution in [0.25, 0.3) is 0 Å². The zero-order valence-corrected chi connectivity index (χ0v) is 21.4. The molecule has 0 aromatic heterocycles. The lowest BCUT2D eigenvalue weighted by molar-refractivity contribution is -0.269. The second kappa shape index (κ2) is 7.89. The average molecular weight is 463 g/mol. The van der Waals surface area contributed by atoms with Gasteiger partial charge in [-0.05, 0) is 73.8 Å². The van der Waals surface area contributed by atoms with E-state index in [-0.39, 0.29) is 12.3 Å². The molecule has 0 saturated heterocycles. The molecule has 3 saturated carbocycles. The SMILES string of the molecule is CC(C)C(C)C=CC(C)C1CCC2(O)C3=CC(O)C4(O)CC(O)CCC4(C)C3(O)CCC12C. The molecule has 0 aromatic rings. The van der Waals surface area contributed by atoms with E-state index in [1.54, 1.807) is 6.08 Å². The molecular weight excluding hydrogens is 416 g/mol. The third-order valence-electron chi connectivity index (χ3n) is 11.1.